The van der Waals surface area contributed by atoms with Crippen LogP contribution in [0.2, 0.25) is 0 Å². The number of aryl methyl sites for hydroxylation is 1. The van der Waals surface area contributed by atoms with Gasteiger partial charge in [-0.1, -0.05) is 19.8 Å². The average Bonchev–Trinajstić information content (AvgIpc) is 2.63. The molecule has 6 heteroatoms. The maximum Gasteiger partial charge on any atom is 0.326 e. The molecule has 5 nitrogen and oxygen atoms in total. The number of carboxylic acids is 1. The smallest absolute Gasteiger partial charge is 0.326 e. The Morgan fingerprint density at radius 3 is 2.67 bits per heavy atom. The lowest BCUT2D eigenvalue weighted by atomic mass is 10.1. The number of unbranched alkanes of at least 4 members (excludes halogenated alkanes) is 1. The average molecular weight is 318 g/mol. The van der Waals surface area contributed by atoms with Crippen LogP contribution in [0.25, 0.3) is 0 Å². The van der Waals surface area contributed by atoms with E-state index in [0.29, 0.717) is 16.7 Å². The molecule has 1 amide bonds. The second-order valence-corrected chi connectivity index (χ2v) is 4.85. The summed E-state index contributed by atoms with van der Waals surface area (Å²) in [7, 11) is 0. The zero-order valence-corrected chi connectivity index (χ0v) is 11.9. The van der Waals surface area contributed by atoms with Gasteiger partial charge in [0, 0.05) is 5.56 Å². The maximum absolute atomic E-state index is 11.9. The maximum atomic E-state index is 11.9. The number of hydrogen-bond acceptors (Lipinski definition) is 3. The number of hydrogen-bond donors (Lipinski definition) is 2. The molecule has 0 aliphatic rings. The summed E-state index contributed by atoms with van der Waals surface area (Å²) in [6, 6.07) is 0.789. The fourth-order valence-corrected chi connectivity index (χ4v) is 2.06. The van der Waals surface area contributed by atoms with E-state index < -0.39 is 17.9 Å². The van der Waals surface area contributed by atoms with E-state index in [0.717, 1.165) is 12.8 Å². The number of aliphatic carboxylic acids is 1. The quantitative estimate of drug-likeness (QED) is 0.845. The molecular weight excluding hydrogens is 302 g/mol. The molecule has 0 aliphatic heterocycles. The molecule has 18 heavy (non-hydrogen) atoms. The summed E-state index contributed by atoms with van der Waals surface area (Å²) in [6.07, 6.45) is 2.04. The van der Waals surface area contributed by atoms with E-state index in [1.165, 1.54) is 0 Å². The molecule has 0 spiro atoms. The first-order chi connectivity index (χ1) is 8.45. The van der Waals surface area contributed by atoms with Crippen molar-refractivity contribution >= 4 is 27.8 Å². The van der Waals surface area contributed by atoms with Crippen LogP contribution >= 0.6 is 15.9 Å². The lowest BCUT2D eigenvalue weighted by molar-refractivity contribution is -0.139. The molecule has 2 N–H and O–H groups in total. The van der Waals surface area contributed by atoms with Crippen molar-refractivity contribution in [1.29, 1.82) is 0 Å². The van der Waals surface area contributed by atoms with E-state index in [2.05, 4.69) is 21.2 Å². The first-order valence-electron chi connectivity index (χ1n) is 5.75. The molecule has 100 valence electrons. The zero-order valence-electron chi connectivity index (χ0n) is 10.3. The Morgan fingerprint density at radius 1 is 1.56 bits per heavy atom. The van der Waals surface area contributed by atoms with Gasteiger partial charge >= 0.3 is 5.97 Å². The summed E-state index contributed by atoms with van der Waals surface area (Å²) in [5, 5.41) is 11.5. The van der Waals surface area contributed by atoms with Crippen molar-refractivity contribution in [2.24, 2.45) is 0 Å². The van der Waals surface area contributed by atoms with Crippen LogP contribution in [-0.4, -0.2) is 23.0 Å². The molecule has 0 unspecified atom stereocenters. The summed E-state index contributed by atoms with van der Waals surface area (Å²) in [5.74, 6) is -1.38. The van der Waals surface area contributed by atoms with Crippen LogP contribution in [0.3, 0.4) is 0 Å². The van der Waals surface area contributed by atoms with Crippen molar-refractivity contribution < 1.29 is 19.1 Å². The predicted molar refractivity (Wildman–Crippen MR) is 69.6 cm³/mol. The molecule has 0 bridgehead atoms. The highest BCUT2D eigenvalue weighted by Crippen LogP contribution is 2.19. The van der Waals surface area contributed by atoms with E-state index in [1.54, 1.807) is 13.0 Å². The minimum Gasteiger partial charge on any atom is -0.480 e. The molecule has 1 rings (SSSR count). The van der Waals surface area contributed by atoms with Crippen molar-refractivity contribution in [1.82, 2.24) is 5.32 Å². The highest BCUT2D eigenvalue weighted by Gasteiger charge is 2.23. The Hall–Kier alpha value is -1.30. The van der Waals surface area contributed by atoms with E-state index in [-0.39, 0.29) is 5.76 Å². The van der Waals surface area contributed by atoms with Gasteiger partial charge in [0.05, 0.1) is 0 Å². The lowest BCUT2D eigenvalue weighted by Gasteiger charge is -2.13. The van der Waals surface area contributed by atoms with Crippen molar-refractivity contribution in [3.63, 3.8) is 0 Å². The van der Waals surface area contributed by atoms with Gasteiger partial charge in [0.25, 0.3) is 5.91 Å². The highest BCUT2D eigenvalue weighted by molar-refractivity contribution is 9.10. The van der Waals surface area contributed by atoms with E-state index in [4.69, 9.17) is 9.52 Å². The Balaban J connectivity index is 2.72. The summed E-state index contributed by atoms with van der Waals surface area (Å²) < 4.78 is 5.62. The van der Waals surface area contributed by atoms with Crippen molar-refractivity contribution in [2.75, 3.05) is 0 Å². The second kappa shape index (κ2) is 6.58. The van der Waals surface area contributed by atoms with E-state index in [1.807, 2.05) is 6.92 Å². The highest BCUT2D eigenvalue weighted by atomic mass is 79.9. The van der Waals surface area contributed by atoms with Gasteiger partial charge in [-0.05, 0) is 35.3 Å². The molecule has 0 saturated heterocycles. The number of amides is 1. The van der Waals surface area contributed by atoms with Gasteiger partial charge in [-0.15, -0.1) is 0 Å². The van der Waals surface area contributed by atoms with Gasteiger partial charge in [-0.25, -0.2) is 4.79 Å². The van der Waals surface area contributed by atoms with Crippen LogP contribution in [-0.2, 0) is 4.79 Å². The van der Waals surface area contributed by atoms with Crippen molar-refractivity contribution in [3.8, 4) is 0 Å². The number of carbonyl (C=O) groups is 2. The van der Waals surface area contributed by atoms with Crippen LogP contribution in [0, 0.1) is 6.92 Å². The van der Waals surface area contributed by atoms with Gasteiger partial charge in [-0.2, -0.15) is 0 Å². The van der Waals surface area contributed by atoms with Crippen molar-refractivity contribution in [2.45, 2.75) is 39.2 Å². The third kappa shape index (κ3) is 3.87. The predicted octanol–water partition coefficient (Wildman–Crippen LogP) is 2.72. The monoisotopic (exact) mass is 317 g/mol. The molecule has 0 radical (unpaired) electrons. The topological polar surface area (TPSA) is 79.5 Å². The fraction of sp³-hybridized carbons (Fsp3) is 0.500. The van der Waals surface area contributed by atoms with Gasteiger partial charge < -0.3 is 14.8 Å². The minimum atomic E-state index is -1.03. The lowest BCUT2D eigenvalue weighted by Crippen LogP contribution is -2.40. The van der Waals surface area contributed by atoms with Crippen LogP contribution in [0.15, 0.2) is 15.2 Å². The Bertz CT molecular complexity index is 441. The minimum absolute atomic E-state index is 0.143. The largest absolute Gasteiger partial charge is 0.480 e. The SMILES string of the molecule is CCCC[C@H](NC(=O)c1oc(Br)cc1C)C(=O)O. The van der Waals surface area contributed by atoms with Crippen LogP contribution < -0.4 is 5.32 Å². The molecule has 1 atom stereocenters. The molecule has 1 aromatic rings. The van der Waals surface area contributed by atoms with E-state index in [9.17, 15) is 9.59 Å². The number of rotatable bonds is 6. The first-order valence-corrected chi connectivity index (χ1v) is 6.54. The van der Waals surface area contributed by atoms with Crippen LogP contribution in [0.4, 0.5) is 0 Å². The normalized spacial score (nSPS) is 12.2. The van der Waals surface area contributed by atoms with Gasteiger partial charge in [0.15, 0.2) is 10.4 Å². The molecule has 0 saturated carbocycles. The Labute approximate surface area is 114 Å². The Kier molecular flexibility index (Phi) is 5.40. The summed E-state index contributed by atoms with van der Waals surface area (Å²) in [4.78, 5) is 22.9. The second-order valence-electron chi connectivity index (χ2n) is 4.07. The van der Waals surface area contributed by atoms with Gasteiger partial charge in [0.1, 0.15) is 6.04 Å². The van der Waals surface area contributed by atoms with Crippen molar-refractivity contribution in [3.05, 3.63) is 22.1 Å². The third-order valence-electron chi connectivity index (χ3n) is 2.54. The van der Waals surface area contributed by atoms with E-state index >= 15 is 0 Å². The first kappa shape index (κ1) is 14.8. The molecule has 0 fully saturated rings. The standard InChI is InChI=1S/C12H16BrNO4/c1-3-4-5-8(12(16)17)14-11(15)10-7(2)6-9(13)18-10/h6,8H,3-5H2,1-2H3,(H,14,15)(H,16,17)/t8-/m0/s1. The number of carboxylic acid groups (broad SMARTS) is 1. The van der Waals surface area contributed by atoms with Crippen LogP contribution in [0.1, 0.15) is 42.3 Å². The summed E-state index contributed by atoms with van der Waals surface area (Å²) in [5.41, 5.74) is 0.666. The third-order valence-corrected chi connectivity index (χ3v) is 2.93. The molecule has 0 aliphatic carbocycles. The molecule has 0 aromatic carbocycles. The summed E-state index contributed by atoms with van der Waals surface area (Å²) >= 11 is 3.13. The zero-order chi connectivity index (χ0) is 13.7. The molecule has 1 heterocycles. The number of nitrogens with one attached hydrogen (secondary N) is 1. The number of carbonyl (C=O) groups excluding carboxylic acids is 1. The Morgan fingerprint density at radius 2 is 2.22 bits per heavy atom. The number of halogens is 1. The number of furan rings is 1. The van der Waals surface area contributed by atoms with Crippen LogP contribution in [0.5, 0.6) is 0 Å². The fourth-order valence-electron chi connectivity index (χ4n) is 1.56. The van der Waals surface area contributed by atoms with Gasteiger partial charge in [-0.3, -0.25) is 4.79 Å². The molecular formula is C12H16BrNO4. The molecule has 1 aromatic heterocycles. The van der Waals surface area contributed by atoms with Gasteiger partial charge in [0.2, 0.25) is 0 Å². The summed E-state index contributed by atoms with van der Waals surface area (Å²) in [6.45, 7) is 3.69.